The highest BCUT2D eigenvalue weighted by molar-refractivity contribution is 5.88. The van der Waals surface area contributed by atoms with Crippen LogP contribution in [0.1, 0.15) is 72.9 Å². The Morgan fingerprint density at radius 1 is 1.35 bits per heavy atom. The fourth-order valence-electron chi connectivity index (χ4n) is 5.96. The number of carboxylic acids is 1. The molecule has 3 N–H and O–H groups in total. The van der Waals surface area contributed by atoms with Crippen molar-refractivity contribution >= 4 is 22.7 Å². The first-order valence-electron chi connectivity index (χ1n) is 12.7. The molecule has 2 aromatic heterocycles. The summed E-state index contributed by atoms with van der Waals surface area (Å²) in [5, 5.41) is 13.4. The van der Waals surface area contributed by atoms with E-state index < -0.39 is 17.3 Å². The second-order valence-electron chi connectivity index (χ2n) is 9.84. The van der Waals surface area contributed by atoms with Gasteiger partial charge in [-0.05, 0) is 49.4 Å². The maximum absolute atomic E-state index is 14.0. The number of aryl methyl sites for hydroxylation is 1. The molecule has 5 rings (SSSR count). The number of aromatic nitrogens is 3. The lowest BCUT2D eigenvalue weighted by Gasteiger charge is -2.54. The molecule has 3 aromatic rings. The third-order valence-electron chi connectivity index (χ3n) is 7.56. The van der Waals surface area contributed by atoms with Gasteiger partial charge in [0.1, 0.15) is 11.6 Å². The second-order valence-corrected chi connectivity index (χ2v) is 9.84. The number of carboxylic acid groups (broad SMARTS) is 1. The number of piperidine rings is 1. The first kappa shape index (κ1) is 26.8. The highest BCUT2D eigenvalue weighted by Gasteiger charge is 2.58. The Morgan fingerprint density at radius 3 is 2.70 bits per heavy atom. The zero-order valence-corrected chi connectivity index (χ0v) is 22.0. The lowest BCUT2D eigenvalue weighted by atomic mass is 9.59. The third-order valence-corrected chi connectivity index (χ3v) is 7.56. The minimum Gasteiger partial charge on any atom is -0.496 e. The monoisotopic (exact) mass is 515 g/mol. The summed E-state index contributed by atoms with van der Waals surface area (Å²) < 4.78 is 33.7. The van der Waals surface area contributed by atoms with Crippen molar-refractivity contribution in [3.05, 3.63) is 47.0 Å². The smallest absolute Gasteiger partial charge is 0.374 e. The molecule has 1 aliphatic heterocycles. The number of aromatic carboxylic acids is 1. The lowest BCUT2D eigenvalue weighted by molar-refractivity contribution is -0.186. The van der Waals surface area contributed by atoms with Crippen LogP contribution in [0.3, 0.4) is 0 Å². The SMILES string of the molecule is CC.CNc1nc(C(=O)O)ncc1C1CC2(CCN1Cc1c(OC)cc(C)c3[nH]ccc13)CC(F)(F)C2. The molecule has 2 aliphatic rings. The minimum atomic E-state index is -2.63. The zero-order chi connectivity index (χ0) is 27.0. The maximum Gasteiger partial charge on any atom is 0.374 e. The normalized spacial score (nSPS) is 20.1. The summed E-state index contributed by atoms with van der Waals surface area (Å²) in [4.78, 5) is 25.2. The largest absolute Gasteiger partial charge is 0.496 e. The van der Waals surface area contributed by atoms with Crippen LogP contribution in [0.5, 0.6) is 5.75 Å². The van der Waals surface area contributed by atoms with Crippen molar-refractivity contribution < 1.29 is 23.4 Å². The minimum absolute atomic E-state index is 0.122. The molecule has 3 heterocycles. The number of aromatic amines is 1. The number of ether oxygens (including phenoxy) is 1. The van der Waals surface area contributed by atoms with Gasteiger partial charge in [-0.2, -0.15) is 0 Å². The van der Waals surface area contributed by atoms with Gasteiger partial charge in [0.2, 0.25) is 11.7 Å². The van der Waals surface area contributed by atoms with Crippen LogP contribution in [0.15, 0.2) is 24.5 Å². The van der Waals surface area contributed by atoms with Crippen molar-refractivity contribution in [3.8, 4) is 5.75 Å². The van der Waals surface area contributed by atoms with E-state index in [1.54, 1.807) is 14.2 Å². The highest BCUT2D eigenvalue weighted by Crippen LogP contribution is 2.61. The van der Waals surface area contributed by atoms with Crippen LogP contribution < -0.4 is 10.1 Å². The number of benzene rings is 1. The topological polar surface area (TPSA) is 103 Å². The van der Waals surface area contributed by atoms with E-state index in [4.69, 9.17) is 4.74 Å². The van der Waals surface area contributed by atoms with Gasteiger partial charge < -0.3 is 20.1 Å². The number of halogens is 2. The summed E-state index contributed by atoms with van der Waals surface area (Å²) in [6.45, 7) is 7.18. The summed E-state index contributed by atoms with van der Waals surface area (Å²) in [5.41, 5.74) is 3.40. The molecule has 1 saturated carbocycles. The molecule has 0 bridgehead atoms. The second kappa shape index (κ2) is 10.2. The van der Waals surface area contributed by atoms with E-state index in [-0.39, 0.29) is 24.7 Å². The Balaban J connectivity index is 0.00000156. The number of hydrogen-bond acceptors (Lipinski definition) is 6. The first-order valence-corrected chi connectivity index (χ1v) is 12.7. The molecule has 1 aromatic carbocycles. The van der Waals surface area contributed by atoms with Crippen LogP contribution in [-0.4, -0.2) is 57.6 Å². The Kier molecular flexibility index (Phi) is 7.41. The molecule has 0 radical (unpaired) electrons. The van der Waals surface area contributed by atoms with Gasteiger partial charge in [0.05, 0.1) is 7.11 Å². The van der Waals surface area contributed by atoms with Crippen LogP contribution in [0.4, 0.5) is 14.6 Å². The van der Waals surface area contributed by atoms with E-state index in [0.717, 1.165) is 27.8 Å². The summed E-state index contributed by atoms with van der Waals surface area (Å²) in [6.07, 6.45) is 4.38. The summed E-state index contributed by atoms with van der Waals surface area (Å²) >= 11 is 0. The molecule has 1 atom stereocenters. The van der Waals surface area contributed by atoms with E-state index in [1.807, 2.05) is 39.1 Å². The number of likely N-dealkylation sites (tertiary alicyclic amines) is 1. The molecule has 2 fully saturated rings. The van der Waals surface area contributed by atoms with Crippen LogP contribution >= 0.6 is 0 Å². The quantitative estimate of drug-likeness (QED) is 0.382. The summed E-state index contributed by atoms with van der Waals surface area (Å²) in [6, 6.07) is 3.77. The molecule has 37 heavy (non-hydrogen) atoms. The number of hydrogen-bond donors (Lipinski definition) is 3. The number of fused-ring (bicyclic) bond motifs is 1. The number of nitrogens with zero attached hydrogens (tertiary/aromatic N) is 3. The third kappa shape index (κ3) is 4.99. The van der Waals surface area contributed by atoms with E-state index in [1.165, 1.54) is 6.20 Å². The van der Waals surface area contributed by atoms with Gasteiger partial charge in [0.25, 0.3) is 0 Å². The average molecular weight is 516 g/mol. The van der Waals surface area contributed by atoms with Gasteiger partial charge in [0.15, 0.2) is 0 Å². The number of H-pyrrole nitrogens is 1. The van der Waals surface area contributed by atoms with Gasteiger partial charge in [-0.1, -0.05) is 13.8 Å². The predicted octanol–water partition coefficient (Wildman–Crippen LogP) is 5.79. The number of anilines is 1. The molecular formula is C27H35F2N5O3. The molecule has 10 heteroatoms. The van der Waals surface area contributed by atoms with Gasteiger partial charge >= 0.3 is 5.97 Å². The van der Waals surface area contributed by atoms with Gasteiger partial charge in [0, 0.05) is 66.9 Å². The molecule has 200 valence electrons. The summed E-state index contributed by atoms with van der Waals surface area (Å²) in [7, 11) is 3.32. The van der Waals surface area contributed by atoms with Crippen molar-refractivity contribution in [2.45, 2.75) is 65.0 Å². The number of methoxy groups -OCH3 is 1. The zero-order valence-electron chi connectivity index (χ0n) is 22.0. The summed E-state index contributed by atoms with van der Waals surface area (Å²) in [5.74, 6) is -2.98. The van der Waals surface area contributed by atoms with Crippen molar-refractivity contribution in [1.29, 1.82) is 0 Å². The van der Waals surface area contributed by atoms with E-state index >= 15 is 0 Å². The van der Waals surface area contributed by atoms with Crippen molar-refractivity contribution in [2.75, 3.05) is 26.0 Å². The average Bonchev–Trinajstić information content (AvgIpc) is 3.37. The molecule has 8 nitrogen and oxygen atoms in total. The maximum atomic E-state index is 14.0. The van der Waals surface area contributed by atoms with Crippen LogP contribution in [0.25, 0.3) is 10.9 Å². The standard InChI is InChI=1S/C25H29F2N5O3.C2H6/c1-14-8-19(35-3)17(15-4-6-29-20(14)15)11-32-7-5-24(12-25(26,27)13-24)9-18(32)16-10-30-22(23(33)34)31-21(16)28-2;1-2/h4,6,8,10,18,29H,5,7,9,11-13H2,1-3H3,(H,33,34)(H,28,30,31);1-2H3. The van der Waals surface area contributed by atoms with Crippen LogP contribution in [0.2, 0.25) is 0 Å². The fourth-order valence-corrected chi connectivity index (χ4v) is 5.96. The Labute approximate surface area is 215 Å². The Hall–Kier alpha value is -3.27. The molecule has 1 saturated heterocycles. The molecule has 1 unspecified atom stereocenters. The van der Waals surface area contributed by atoms with E-state index in [2.05, 4.69) is 25.2 Å². The van der Waals surface area contributed by atoms with Gasteiger partial charge in [-0.25, -0.2) is 23.5 Å². The lowest BCUT2D eigenvalue weighted by Crippen LogP contribution is -2.53. The van der Waals surface area contributed by atoms with Crippen LogP contribution in [-0.2, 0) is 6.54 Å². The predicted molar refractivity (Wildman–Crippen MR) is 138 cm³/mol. The van der Waals surface area contributed by atoms with Crippen molar-refractivity contribution in [1.82, 2.24) is 19.9 Å². The molecule has 1 spiro atoms. The molecule has 0 amide bonds. The fraction of sp³-hybridized carbons (Fsp3) is 0.519. The highest BCUT2D eigenvalue weighted by atomic mass is 19.3. The number of carbonyl (C=O) groups is 1. The number of nitrogens with one attached hydrogen (secondary N) is 2. The van der Waals surface area contributed by atoms with E-state index in [0.29, 0.717) is 37.3 Å². The van der Waals surface area contributed by atoms with Crippen molar-refractivity contribution in [2.24, 2.45) is 5.41 Å². The van der Waals surface area contributed by atoms with Crippen LogP contribution in [0, 0.1) is 12.3 Å². The Morgan fingerprint density at radius 2 is 2.08 bits per heavy atom. The van der Waals surface area contributed by atoms with Gasteiger partial charge in [-0.3, -0.25) is 4.90 Å². The number of alkyl halides is 2. The van der Waals surface area contributed by atoms with E-state index in [9.17, 15) is 18.7 Å². The van der Waals surface area contributed by atoms with Gasteiger partial charge in [-0.15, -0.1) is 0 Å². The first-order chi connectivity index (χ1) is 17.6. The molecule has 1 aliphatic carbocycles. The molecular weight excluding hydrogens is 480 g/mol. The van der Waals surface area contributed by atoms with Crippen molar-refractivity contribution in [3.63, 3.8) is 0 Å². The Bertz CT molecular complexity index is 1280. The number of rotatable bonds is 6.